The topological polar surface area (TPSA) is 32.8 Å². The largest absolute Gasteiger partial charge is 0.497 e. The molecule has 0 N–H and O–H groups in total. The van der Waals surface area contributed by atoms with Gasteiger partial charge in [0.2, 0.25) is 0 Å². The van der Waals surface area contributed by atoms with Crippen molar-refractivity contribution in [1.29, 1.82) is 0 Å². The van der Waals surface area contributed by atoms with Gasteiger partial charge in [0.25, 0.3) is 5.91 Å². The van der Waals surface area contributed by atoms with Crippen molar-refractivity contribution in [2.24, 2.45) is 0 Å². The number of hydrogen-bond acceptors (Lipinski definition) is 4. The summed E-state index contributed by atoms with van der Waals surface area (Å²) in [6, 6.07) is 15.1. The molecule has 3 rings (SSSR count). The maximum atomic E-state index is 12.8. The number of hydrogen-bond donors (Lipinski definition) is 0. The van der Waals surface area contributed by atoms with Crippen molar-refractivity contribution in [2.45, 2.75) is 0 Å². The van der Waals surface area contributed by atoms with E-state index >= 15 is 0 Å². The molecular weight excluding hydrogens is 344 g/mol. The van der Waals surface area contributed by atoms with E-state index in [0.29, 0.717) is 9.90 Å². The van der Waals surface area contributed by atoms with Gasteiger partial charge in [-0.1, -0.05) is 17.7 Å². The lowest BCUT2D eigenvalue weighted by Crippen LogP contribution is -2.41. The Labute approximate surface area is 149 Å². The predicted octanol–water partition coefficient (Wildman–Crippen LogP) is 4.69. The molecule has 2 aromatic carbocycles. The van der Waals surface area contributed by atoms with Gasteiger partial charge in [-0.25, -0.2) is 0 Å². The number of fused-ring (bicyclic) bond motifs is 1. The minimum atomic E-state index is -0.0716. The highest BCUT2D eigenvalue weighted by molar-refractivity contribution is 7.20. The van der Waals surface area contributed by atoms with Gasteiger partial charge in [-0.2, -0.15) is 0 Å². The van der Waals surface area contributed by atoms with E-state index in [-0.39, 0.29) is 5.91 Å². The fourth-order valence-corrected chi connectivity index (χ4v) is 3.60. The second kappa shape index (κ2) is 6.71. The maximum Gasteiger partial charge on any atom is 0.282 e. The second-order valence-corrected chi connectivity index (χ2v) is 6.87. The Hall–Kier alpha value is -2.24. The number of nitrogens with zero attached hydrogens (tertiary/aromatic N) is 2. The zero-order valence-corrected chi connectivity index (χ0v) is 15.2. The van der Waals surface area contributed by atoms with E-state index in [1.54, 1.807) is 30.2 Å². The molecule has 0 bridgehead atoms. The molecule has 1 aromatic heterocycles. The van der Waals surface area contributed by atoms with Crippen molar-refractivity contribution in [3.05, 3.63) is 58.4 Å². The lowest BCUT2D eigenvalue weighted by Gasteiger charge is -2.29. The molecule has 0 saturated carbocycles. The summed E-state index contributed by atoms with van der Waals surface area (Å²) in [5.74, 6) is 0.710. The van der Waals surface area contributed by atoms with E-state index in [4.69, 9.17) is 16.3 Å². The summed E-state index contributed by atoms with van der Waals surface area (Å²) in [4.78, 5) is 13.5. The van der Waals surface area contributed by atoms with E-state index in [1.165, 1.54) is 11.3 Å². The molecular formula is C18H17ClN2O2S. The fourth-order valence-electron chi connectivity index (χ4n) is 2.40. The van der Waals surface area contributed by atoms with E-state index in [2.05, 4.69) is 0 Å². The van der Waals surface area contributed by atoms with Crippen LogP contribution in [0.2, 0.25) is 5.02 Å². The molecule has 1 heterocycles. The van der Waals surface area contributed by atoms with Crippen LogP contribution in [0.15, 0.2) is 48.5 Å². The van der Waals surface area contributed by atoms with Gasteiger partial charge in [0.1, 0.15) is 5.75 Å². The third kappa shape index (κ3) is 3.18. The fraction of sp³-hybridized carbons (Fsp3) is 0.167. The van der Waals surface area contributed by atoms with Gasteiger partial charge in [-0.3, -0.25) is 14.8 Å². The highest BCUT2D eigenvalue weighted by atomic mass is 35.5. The van der Waals surface area contributed by atoms with Gasteiger partial charge in [0.05, 0.1) is 17.7 Å². The maximum absolute atomic E-state index is 12.8. The number of benzene rings is 2. The van der Waals surface area contributed by atoms with Gasteiger partial charge >= 0.3 is 0 Å². The average Bonchev–Trinajstić information content (AvgIpc) is 3.02. The third-order valence-electron chi connectivity index (χ3n) is 3.86. The molecule has 0 saturated heterocycles. The molecule has 1 amide bonds. The molecule has 0 unspecified atom stereocenters. The number of hydrazine groups is 1. The number of rotatable bonds is 4. The van der Waals surface area contributed by atoms with Crippen LogP contribution in [0, 0.1) is 0 Å². The van der Waals surface area contributed by atoms with Crippen LogP contribution in [0.25, 0.3) is 10.1 Å². The Morgan fingerprint density at radius 3 is 2.62 bits per heavy atom. The third-order valence-corrected chi connectivity index (χ3v) is 5.20. The van der Waals surface area contributed by atoms with E-state index in [1.807, 2.05) is 49.5 Å². The van der Waals surface area contributed by atoms with Crippen LogP contribution in [-0.4, -0.2) is 32.1 Å². The first-order valence-electron chi connectivity index (χ1n) is 7.34. The Morgan fingerprint density at radius 2 is 1.92 bits per heavy atom. The van der Waals surface area contributed by atoms with Crippen LogP contribution in [0.3, 0.4) is 0 Å². The van der Waals surface area contributed by atoms with Crippen LogP contribution < -0.4 is 9.75 Å². The van der Waals surface area contributed by atoms with Crippen LogP contribution in [-0.2, 0) is 0 Å². The highest BCUT2D eigenvalue weighted by Gasteiger charge is 2.19. The Morgan fingerprint density at radius 1 is 1.12 bits per heavy atom. The van der Waals surface area contributed by atoms with Crippen molar-refractivity contribution in [1.82, 2.24) is 5.01 Å². The molecule has 0 spiro atoms. The first-order chi connectivity index (χ1) is 11.5. The Kier molecular flexibility index (Phi) is 4.64. The molecule has 24 heavy (non-hydrogen) atoms. The van der Waals surface area contributed by atoms with Crippen LogP contribution in [0.4, 0.5) is 5.69 Å². The normalized spacial score (nSPS) is 10.7. The van der Waals surface area contributed by atoms with Crippen LogP contribution >= 0.6 is 22.9 Å². The quantitative estimate of drug-likeness (QED) is 0.633. The zero-order chi connectivity index (χ0) is 17.3. The first-order valence-corrected chi connectivity index (χ1v) is 8.54. The lowest BCUT2D eigenvalue weighted by molar-refractivity contribution is 0.0791. The van der Waals surface area contributed by atoms with Crippen molar-refractivity contribution in [2.75, 3.05) is 26.2 Å². The zero-order valence-electron chi connectivity index (χ0n) is 13.6. The van der Waals surface area contributed by atoms with Crippen LogP contribution in [0.1, 0.15) is 9.67 Å². The van der Waals surface area contributed by atoms with Crippen LogP contribution in [0.5, 0.6) is 5.75 Å². The molecule has 6 heteroatoms. The Balaban J connectivity index is 1.87. The molecule has 0 radical (unpaired) electrons. The SMILES string of the molecule is COc1ccc2sc(C(=O)N(C)N(C)c3cccc(Cl)c3)cc2c1. The van der Waals surface area contributed by atoms with E-state index < -0.39 is 0 Å². The number of thiophene rings is 1. The lowest BCUT2D eigenvalue weighted by atomic mass is 10.2. The average molecular weight is 361 g/mol. The molecule has 0 fully saturated rings. The predicted molar refractivity (Wildman–Crippen MR) is 100 cm³/mol. The Bertz CT molecular complexity index is 894. The summed E-state index contributed by atoms with van der Waals surface area (Å²) >= 11 is 7.50. The van der Waals surface area contributed by atoms with Gasteiger partial charge in [0.15, 0.2) is 0 Å². The molecule has 0 aliphatic rings. The van der Waals surface area contributed by atoms with Gasteiger partial charge in [0, 0.05) is 23.8 Å². The van der Waals surface area contributed by atoms with E-state index in [0.717, 1.165) is 21.5 Å². The van der Waals surface area contributed by atoms with Crippen molar-refractivity contribution in [3.63, 3.8) is 0 Å². The monoisotopic (exact) mass is 360 g/mol. The molecule has 0 aliphatic heterocycles. The number of amides is 1. The van der Waals surface area contributed by atoms with Gasteiger partial charge in [-0.15, -0.1) is 11.3 Å². The van der Waals surface area contributed by atoms with Crippen molar-refractivity contribution in [3.8, 4) is 5.75 Å². The second-order valence-electron chi connectivity index (χ2n) is 5.35. The molecule has 3 aromatic rings. The summed E-state index contributed by atoms with van der Waals surface area (Å²) in [6.45, 7) is 0. The minimum absolute atomic E-state index is 0.0716. The van der Waals surface area contributed by atoms with Gasteiger partial charge in [-0.05, 0) is 47.9 Å². The molecule has 0 aliphatic carbocycles. The smallest absolute Gasteiger partial charge is 0.282 e. The molecule has 124 valence electrons. The number of ether oxygens (including phenoxy) is 1. The van der Waals surface area contributed by atoms with Gasteiger partial charge < -0.3 is 4.74 Å². The standard InChI is InChI=1S/C18H17ClN2O2S/c1-20(14-6-4-5-13(19)11-14)21(2)18(22)17-10-12-9-15(23-3)7-8-16(12)24-17/h4-11H,1-3H3. The molecule has 4 nitrogen and oxygen atoms in total. The summed E-state index contributed by atoms with van der Waals surface area (Å²) in [5.41, 5.74) is 0.848. The number of halogens is 1. The highest BCUT2D eigenvalue weighted by Crippen LogP contribution is 2.30. The summed E-state index contributed by atoms with van der Waals surface area (Å²) in [5, 5.41) is 4.99. The van der Waals surface area contributed by atoms with Crippen molar-refractivity contribution >= 4 is 44.6 Å². The molecule has 0 atom stereocenters. The minimum Gasteiger partial charge on any atom is -0.497 e. The van der Waals surface area contributed by atoms with Crippen molar-refractivity contribution < 1.29 is 9.53 Å². The number of carbonyl (C=O) groups excluding carboxylic acids is 1. The number of carbonyl (C=O) groups is 1. The summed E-state index contributed by atoms with van der Waals surface area (Å²) in [7, 11) is 5.21. The summed E-state index contributed by atoms with van der Waals surface area (Å²) < 4.78 is 6.29. The number of anilines is 1. The first kappa shape index (κ1) is 16.6. The van der Waals surface area contributed by atoms with E-state index in [9.17, 15) is 4.79 Å². The number of methoxy groups -OCH3 is 1. The summed E-state index contributed by atoms with van der Waals surface area (Å²) in [6.07, 6.45) is 0.